The molecule has 0 fully saturated rings. The molecule has 7 heteroatoms. The summed E-state index contributed by atoms with van der Waals surface area (Å²) >= 11 is 7.46. The minimum atomic E-state index is -0.0894. The fourth-order valence-electron chi connectivity index (χ4n) is 3.27. The summed E-state index contributed by atoms with van der Waals surface area (Å²) in [6, 6.07) is 7.90. The number of nitrogens with one attached hydrogen (secondary N) is 2. The van der Waals surface area contributed by atoms with E-state index in [-0.39, 0.29) is 24.9 Å². The highest BCUT2D eigenvalue weighted by Gasteiger charge is 2.20. The van der Waals surface area contributed by atoms with Crippen LogP contribution in [-0.4, -0.2) is 43.4 Å². The Morgan fingerprint density at radius 2 is 1.79 bits per heavy atom. The van der Waals surface area contributed by atoms with E-state index in [4.69, 9.17) is 11.6 Å². The number of nitrogens with zero attached hydrogens (tertiary/aromatic N) is 1. The molecule has 152 valence electrons. The number of rotatable bonds is 8. The third kappa shape index (κ3) is 6.33. The molecular weight excluding hydrogens is 394 g/mol. The van der Waals surface area contributed by atoms with Gasteiger partial charge in [0.15, 0.2) is 13.1 Å². The maximum absolute atomic E-state index is 12.6. The average molecular weight is 423 g/mol. The SMILES string of the molecule is CCN(Cc1ccc(Cl)s1)C(=O)C[NH+](C)CC(=O)Nc1c(C)cc(C)cc1C. The van der Waals surface area contributed by atoms with Crippen LogP contribution in [-0.2, 0) is 16.1 Å². The molecule has 28 heavy (non-hydrogen) atoms. The van der Waals surface area contributed by atoms with Crippen LogP contribution in [0.4, 0.5) is 5.69 Å². The second-order valence-electron chi connectivity index (χ2n) is 7.25. The zero-order valence-electron chi connectivity index (χ0n) is 17.2. The van der Waals surface area contributed by atoms with Gasteiger partial charge in [0.1, 0.15) is 0 Å². The first-order chi connectivity index (χ1) is 13.2. The smallest absolute Gasteiger partial charge is 0.279 e. The first kappa shape index (κ1) is 22.4. The first-order valence-electron chi connectivity index (χ1n) is 9.40. The van der Waals surface area contributed by atoms with Gasteiger partial charge in [-0.15, -0.1) is 11.3 Å². The molecule has 1 atom stereocenters. The molecule has 0 aliphatic heterocycles. The van der Waals surface area contributed by atoms with Crippen molar-refractivity contribution in [3.05, 3.63) is 50.2 Å². The van der Waals surface area contributed by atoms with E-state index in [1.807, 2.05) is 46.9 Å². The topological polar surface area (TPSA) is 53.9 Å². The molecule has 2 aromatic rings. The summed E-state index contributed by atoms with van der Waals surface area (Å²) in [5.74, 6) is -0.0616. The molecule has 5 nitrogen and oxygen atoms in total. The van der Waals surface area contributed by atoms with Gasteiger partial charge in [-0.1, -0.05) is 29.3 Å². The van der Waals surface area contributed by atoms with E-state index < -0.39 is 0 Å². The van der Waals surface area contributed by atoms with Gasteiger partial charge >= 0.3 is 0 Å². The van der Waals surface area contributed by atoms with Crippen LogP contribution >= 0.6 is 22.9 Å². The highest BCUT2D eigenvalue weighted by atomic mass is 35.5. The molecule has 2 N–H and O–H groups in total. The highest BCUT2D eigenvalue weighted by molar-refractivity contribution is 7.16. The van der Waals surface area contributed by atoms with Gasteiger partial charge in [0, 0.05) is 17.1 Å². The van der Waals surface area contributed by atoms with Crippen LogP contribution in [0.3, 0.4) is 0 Å². The number of thiophene rings is 1. The molecular formula is C21H29ClN3O2S+. The third-order valence-corrected chi connectivity index (χ3v) is 5.78. The number of anilines is 1. The standard InChI is InChI=1S/C21H28ClN3O2S/c1-6-25(11-17-7-8-18(22)28-17)20(27)13-24(5)12-19(26)23-21-15(3)9-14(2)10-16(21)4/h7-10H,6,11-13H2,1-5H3,(H,23,26)/p+1. The Morgan fingerprint density at radius 1 is 1.14 bits per heavy atom. The van der Waals surface area contributed by atoms with Gasteiger partial charge in [-0.2, -0.15) is 0 Å². The van der Waals surface area contributed by atoms with Crippen LogP contribution in [0.15, 0.2) is 24.3 Å². The van der Waals surface area contributed by atoms with Gasteiger partial charge in [-0.05, 0) is 51.0 Å². The molecule has 1 unspecified atom stereocenters. The van der Waals surface area contributed by atoms with Gasteiger partial charge in [0.05, 0.1) is 17.9 Å². The largest absolute Gasteiger partial charge is 0.333 e. The van der Waals surface area contributed by atoms with Crippen molar-refractivity contribution in [2.24, 2.45) is 0 Å². The number of hydrogen-bond donors (Lipinski definition) is 2. The van der Waals surface area contributed by atoms with Crippen molar-refractivity contribution in [3.63, 3.8) is 0 Å². The minimum absolute atomic E-state index is 0.0278. The lowest BCUT2D eigenvalue weighted by atomic mass is 10.1. The summed E-state index contributed by atoms with van der Waals surface area (Å²) < 4.78 is 0.722. The Hall–Kier alpha value is -1.89. The van der Waals surface area contributed by atoms with Crippen molar-refractivity contribution in [3.8, 4) is 0 Å². The summed E-state index contributed by atoms with van der Waals surface area (Å²) in [7, 11) is 1.86. The average Bonchev–Trinajstić information content (AvgIpc) is 3.00. The maximum Gasteiger partial charge on any atom is 0.279 e. The van der Waals surface area contributed by atoms with Crippen LogP contribution < -0.4 is 10.2 Å². The number of aryl methyl sites for hydroxylation is 3. The first-order valence-corrected chi connectivity index (χ1v) is 10.6. The number of quaternary nitrogens is 1. The highest BCUT2D eigenvalue weighted by Crippen LogP contribution is 2.23. The molecule has 0 radical (unpaired) electrons. The van der Waals surface area contributed by atoms with E-state index in [0.717, 1.165) is 30.9 Å². The fraction of sp³-hybridized carbons (Fsp3) is 0.429. The molecule has 0 spiro atoms. The maximum atomic E-state index is 12.6. The lowest BCUT2D eigenvalue weighted by Crippen LogP contribution is -3.11. The van der Waals surface area contributed by atoms with Crippen LogP contribution in [0.5, 0.6) is 0 Å². The zero-order chi connectivity index (χ0) is 20.8. The Morgan fingerprint density at radius 3 is 2.32 bits per heavy atom. The quantitative estimate of drug-likeness (QED) is 0.687. The summed E-state index contributed by atoms with van der Waals surface area (Å²) in [6.07, 6.45) is 0. The zero-order valence-corrected chi connectivity index (χ0v) is 18.8. The van der Waals surface area contributed by atoms with E-state index in [1.165, 1.54) is 16.9 Å². The van der Waals surface area contributed by atoms with E-state index in [1.54, 1.807) is 4.90 Å². The second kappa shape index (κ2) is 10.0. The summed E-state index contributed by atoms with van der Waals surface area (Å²) in [5.41, 5.74) is 4.13. The van der Waals surface area contributed by atoms with Gasteiger partial charge in [0.25, 0.3) is 11.8 Å². The minimum Gasteiger partial charge on any atom is -0.333 e. The second-order valence-corrected chi connectivity index (χ2v) is 9.05. The third-order valence-electron chi connectivity index (χ3n) is 4.57. The lowest BCUT2D eigenvalue weighted by Gasteiger charge is -2.22. The number of carbonyl (C=O) groups is 2. The van der Waals surface area contributed by atoms with Crippen molar-refractivity contribution in [1.29, 1.82) is 0 Å². The molecule has 0 saturated heterocycles. The van der Waals surface area contributed by atoms with Crippen molar-refractivity contribution in [1.82, 2.24) is 4.90 Å². The Kier molecular flexibility index (Phi) is 8.04. The number of benzene rings is 1. The summed E-state index contributed by atoms with van der Waals surface area (Å²) in [4.78, 5) is 28.8. The molecule has 2 rings (SSSR count). The van der Waals surface area contributed by atoms with Gasteiger partial charge < -0.3 is 15.1 Å². The van der Waals surface area contributed by atoms with Crippen LogP contribution in [0, 0.1) is 20.8 Å². The van der Waals surface area contributed by atoms with Crippen molar-refractivity contribution in [2.45, 2.75) is 34.2 Å². The van der Waals surface area contributed by atoms with E-state index in [2.05, 4.69) is 17.4 Å². The molecule has 1 aromatic carbocycles. The van der Waals surface area contributed by atoms with Crippen molar-refractivity contribution in [2.75, 3.05) is 32.0 Å². The van der Waals surface area contributed by atoms with Crippen LogP contribution in [0.2, 0.25) is 4.34 Å². The van der Waals surface area contributed by atoms with E-state index in [9.17, 15) is 9.59 Å². The van der Waals surface area contributed by atoms with Gasteiger partial charge in [0.2, 0.25) is 0 Å². The monoisotopic (exact) mass is 422 g/mol. The predicted molar refractivity (Wildman–Crippen MR) is 116 cm³/mol. The summed E-state index contributed by atoms with van der Waals surface area (Å²) in [6.45, 7) is 9.66. The molecule has 0 aliphatic carbocycles. The molecule has 2 amide bonds. The molecule has 1 heterocycles. The van der Waals surface area contributed by atoms with E-state index >= 15 is 0 Å². The molecule has 0 aliphatic rings. The Balaban J connectivity index is 1.90. The number of amides is 2. The Labute approximate surface area is 176 Å². The van der Waals surface area contributed by atoms with E-state index in [0.29, 0.717) is 13.1 Å². The van der Waals surface area contributed by atoms with Crippen molar-refractivity contribution >= 4 is 40.4 Å². The number of likely N-dealkylation sites (N-methyl/N-ethyl adjacent to an activating group) is 2. The van der Waals surface area contributed by atoms with Gasteiger partial charge in [-0.3, -0.25) is 9.59 Å². The fourth-order valence-corrected chi connectivity index (χ4v) is 4.37. The molecule has 0 saturated carbocycles. The van der Waals surface area contributed by atoms with Crippen LogP contribution in [0.1, 0.15) is 28.5 Å². The molecule has 0 bridgehead atoms. The Bertz CT molecular complexity index is 827. The number of hydrogen-bond acceptors (Lipinski definition) is 3. The number of carbonyl (C=O) groups excluding carboxylic acids is 2. The normalized spacial score (nSPS) is 11.9. The molecule has 1 aromatic heterocycles. The lowest BCUT2D eigenvalue weighted by molar-refractivity contribution is -0.862. The number of halogens is 1. The van der Waals surface area contributed by atoms with Gasteiger partial charge in [-0.25, -0.2) is 0 Å². The summed E-state index contributed by atoms with van der Waals surface area (Å²) in [5, 5.41) is 3.00. The van der Waals surface area contributed by atoms with Crippen molar-refractivity contribution < 1.29 is 14.5 Å². The predicted octanol–water partition coefficient (Wildman–Crippen LogP) is 2.83. The van der Waals surface area contributed by atoms with Crippen LogP contribution in [0.25, 0.3) is 0 Å².